The van der Waals surface area contributed by atoms with E-state index in [1.807, 2.05) is 25.2 Å². The van der Waals surface area contributed by atoms with Crippen molar-refractivity contribution in [3.63, 3.8) is 0 Å². The first-order chi connectivity index (χ1) is 13.7. The van der Waals surface area contributed by atoms with E-state index in [0.717, 1.165) is 19.5 Å². The Kier molecular flexibility index (Phi) is 6.78. The minimum absolute atomic E-state index is 0.135. The molecule has 1 aliphatic heterocycles. The second-order valence-corrected chi connectivity index (χ2v) is 10.8. The van der Waals surface area contributed by atoms with E-state index in [-0.39, 0.29) is 22.9 Å². The second kappa shape index (κ2) is 8.95. The van der Waals surface area contributed by atoms with Crippen LogP contribution in [0.3, 0.4) is 0 Å². The Morgan fingerprint density at radius 3 is 2.76 bits per heavy atom. The molecule has 1 aliphatic rings. The molecule has 0 saturated heterocycles. The molecular weight excluding hydrogens is 406 g/mol. The van der Waals surface area contributed by atoms with Gasteiger partial charge in [-0.3, -0.25) is 9.69 Å². The SMILES string of the molecule is CC(CNC(=O)c1cccc(S(=O)(=O)N(C)C(C)C)c1)N1CCc2sccc2C1. The number of nitrogens with one attached hydrogen (secondary N) is 1. The molecule has 1 aromatic heterocycles. The van der Waals surface area contributed by atoms with E-state index in [0.29, 0.717) is 12.1 Å². The molecule has 1 atom stereocenters. The zero-order valence-corrected chi connectivity index (χ0v) is 19.0. The summed E-state index contributed by atoms with van der Waals surface area (Å²) in [4.78, 5) is 16.6. The molecule has 0 bridgehead atoms. The van der Waals surface area contributed by atoms with E-state index in [9.17, 15) is 13.2 Å². The Morgan fingerprint density at radius 2 is 2.03 bits per heavy atom. The van der Waals surface area contributed by atoms with Crippen LogP contribution in [0.1, 0.15) is 41.6 Å². The lowest BCUT2D eigenvalue weighted by atomic mass is 10.1. The lowest BCUT2D eigenvalue weighted by Crippen LogP contribution is -2.44. The third-order valence-corrected chi connectivity index (χ3v) is 8.57. The summed E-state index contributed by atoms with van der Waals surface area (Å²) in [6.07, 6.45) is 1.05. The quantitative estimate of drug-likeness (QED) is 0.726. The third kappa shape index (κ3) is 4.88. The molecule has 0 fully saturated rings. The number of hydrogen-bond acceptors (Lipinski definition) is 5. The van der Waals surface area contributed by atoms with Gasteiger partial charge in [-0.1, -0.05) is 6.07 Å². The summed E-state index contributed by atoms with van der Waals surface area (Å²) in [5.41, 5.74) is 1.74. The number of carbonyl (C=O) groups excluding carboxylic acids is 1. The third-order valence-electron chi connectivity index (χ3n) is 5.52. The molecule has 1 amide bonds. The minimum Gasteiger partial charge on any atom is -0.350 e. The standard InChI is InChI=1S/C21H29N3O3S2/c1-15(2)23(4)29(26,27)19-7-5-6-17(12-19)21(25)22-13-16(3)24-10-8-20-18(14-24)9-11-28-20/h5-7,9,11-12,15-16H,8,10,13-14H2,1-4H3,(H,22,25). The van der Waals surface area contributed by atoms with Gasteiger partial charge in [0.1, 0.15) is 0 Å². The zero-order valence-electron chi connectivity index (χ0n) is 17.4. The lowest BCUT2D eigenvalue weighted by molar-refractivity contribution is 0.0932. The first-order valence-electron chi connectivity index (χ1n) is 9.85. The van der Waals surface area contributed by atoms with Crippen molar-refractivity contribution in [3.05, 3.63) is 51.7 Å². The molecule has 8 heteroatoms. The van der Waals surface area contributed by atoms with Crippen LogP contribution in [0.25, 0.3) is 0 Å². The van der Waals surface area contributed by atoms with Gasteiger partial charge in [-0.25, -0.2) is 8.42 Å². The highest BCUT2D eigenvalue weighted by molar-refractivity contribution is 7.89. The molecule has 6 nitrogen and oxygen atoms in total. The maximum atomic E-state index is 12.7. The average molecular weight is 436 g/mol. The molecular formula is C21H29N3O3S2. The smallest absolute Gasteiger partial charge is 0.251 e. The van der Waals surface area contributed by atoms with E-state index in [1.54, 1.807) is 19.2 Å². The number of nitrogens with zero attached hydrogens (tertiary/aromatic N) is 2. The number of hydrogen-bond donors (Lipinski definition) is 1. The van der Waals surface area contributed by atoms with E-state index in [2.05, 4.69) is 28.6 Å². The molecule has 29 heavy (non-hydrogen) atoms. The Hall–Kier alpha value is -1.74. The van der Waals surface area contributed by atoms with Gasteiger partial charge in [0.25, 0.3) is 5.91 Å². The summed E-state index contributed by atoms with van der Waals surface area (Å²) in [6.45, 7) is 8.15. The fraction of sp³-hybridized carbons (Fsp3) is 0.476. The van der Waals surface area contributed by atoms with Crippen molar-refractivity contribution in [3.8, 4) is 0 Å². The predicted octanol–water partition coefficient (Wildman–Crippen LogP) is 2.95. The predicted molar refractivity (Wildman–Crippen MR) is 117 cm³/mol. The molecule has 158 valence electrons. The molecule has 2 heterocycles. The second-order valence-electron chi connectivity index (χ2n) is 7.79. The number of amides is 1. The van der Waals surface area contributed by atoms with Crippen molar-refractivity contribution in [2.75, 3.05) is 20.1 Å². The van der Waals surface area contributed by atoms with Crippen LogP contribution in [0, 0.1) is 0 Å². The molecule has 1 N–H and O–H groups in total. The van der Waals surface area contributed by atoms with E-state index < -0.39 is 10.0 Å². The van der Waals surface area contributed by atoms with Crippen molar-refractivity contribution in [2.24, 2.45) is 0 Å². The first kappa shape index (κ1) is 22.0. The molecule has 0 radical (unpaired) electrons. The summed E-state index contributed by atoms with van der Waals surface area (Å²) in [7, 11) is -2.07. The minimum atomic E-state index is -3.62. The van der Waals surface area contributed by atoms with Gasteiger partial charge in [0, 0.05) is 49.2 Å². The number of fused-ring (bicyclic) bond motifs is 1. The summed E-state index contributed by atoms with van der Waals surface area (Å²) < 4.78 is 26.7. The molecule has 0 aliphatic carbocycles. The van der Waals surface area contributed by atoms with E-state index in [1.165, 1.54) is 26.9 Å². The Labute approximate surface area is 177 Å². The number of benzene rings is 1. The van der Waals surface area contributed by atoms with Crippen LogP contribution in [-0.4, -0.2) is 55.8 Å². The van der Waals surface area contributed by atoms with Crippen LogP contribution in [-0.2, 0) is 23.0 Å². The highest BCUT2D eigenvalue weighted by atomic mass is 32.2. The highest BCUT2D eigenvalue weighted by Crippen LogP contribution is 2.25. The van der Waals surface area contributed by atoms with Gasteiger partial charge in [-0.2, -0.15) is 4.31 Å². The van der Waals surface area contributed by atoms with Gasteiger partial charge in [0.2, 0.25) is 10.0 Å². The van der Waals surface area contributed by atoms with Crippen molar-refractivity contribution in [1.82, 2.24) is 14.5 Å². The van der Waals surface area contributed by atoms with Crippen LogP contribution < -0.4 is 5.32 Å². The van der Waals surface area contributed by atoms with Gasteiger partial charge in [0.05, 0.1) is 4.90 Å². The fourth-order valence-corrected chi connectivity index (χ4v) is 5.66. The van der Waals surface area contributed by atoms with Crippen molar-refractivity contribution in [2.45, 2.75) is 50.7 Å². The molecule has 0 saturated carbocycles. The fourth-order valence-electron chi connectivity index (χ4n) is 3.36. The number of thiophene rings is 1. The van der Waals surface area contributed by atoms with Crippen molar-refractivity contribution in [1.29, 1.82) is 0 Å². The Bertz CT molecular complexity index is 969. The van der Waals surface area contributed by atoms with E-state index >= 15 is 0 Å². The van der Waals surface area contributed by atoms with Crippen LogP contribution in [0.15, 0.2) is 40.6 Å². The molecule has 1 unspecified atom stereocenters. The van der Waals surface area contributed by atoms with Crippen LogP contribution in [0.5, 0.6) is 0 Å². The average Bonchev–Trinajstić information content (AvgIpc) is 3.18. The Morgan fingerprint density at radius 1 is 1.28 bits per heavy atom. The van der Waals surface area contributed by atoms with Crippen molar-refractivity contribution < 1.29 is 13.2 Å². The molecule has 3 rings (SSSR count). The maximum Gasteiger partial charge on any atom is 0.251 e. The van der Waals surface area contributed by atoms with Gasteiger partial charge in [-0.05, 0) is 62.4 Å². The number of sulfonamides is 1. The van der Waals surface area contributed by atoms with Crippen LogP contribution >= 0.6 is 11.3 Å². The monoisotopic (exact) mass is 435 g/mol. The Balaban J connectivity index is 1.63. The highest BCUT2D eigenvalue weighted by Gasteiger charge is 2.25. The van der Waals surface area contributed by atoms with Gasteiger partial charge in [-0.15, -0.1) is 11.3 Å². The molecule has 0 spiro atoms. The summed E-state index contributed by atoms with van der Waals surface area (Å²) >= 11 is 1.81. The summed E-state index contributed by atoms with van der Waals surface area (Å²) in [5, 5.41) is 5.10. The summed E-state index contributed by atoms with van der Waals surface area (Å²) in [6, 6.07) is 8.46. The summed E-state index contributed by atoms with van der Waals surface area (Å²) in [5.74, 6) is -0.255. The first-order valence-corrected chi connectivity index (χ1v) is 12.2. The number of carbonyl (C=O) groups is 1. The van der Waals surface area contributed by atoms with Gasteiger partial charge in [0.15, 0.2) is 0 Å². The molecule has 2 aromatic rings. The topological polar surface area (TPSA) is 69.7 Å². The van der Waals surface area contributed by atoms with Gasteiger partial charge >= 0.3 is 0 Å². The number of rotatable bonds is 7. The largest absolute Gasteiger partial charge is 0.350 e. The zero-order chi connectivity index (χ0) is 21.2. The van der Waals surface area contributed by atoms with Gasteiger partial charge < -0.3 is 5.32 Å². The van der Waals surface area contributed by atoms with Crippen LogP contribution in [0.4, 0.5) is 0 Å². The van der Waals surface area contributed by atoms with Crippen molar-refractivity contribution >= 4 is 27.3 Å². The van der Waals surface area contributed by atoms with Crippen LogP contribution in [0.2, 0.25) is 0 Å². The lowest BCUT2D eigenvalue weighted by Gasteiger charge is -2.32. The maximum absolute atomic E-state index is 12.7. The van der Waals surface area contributed by atoms with E-state index in [4.69, 9.17) is 0 Å². The molecule has 1 aromatic carbocycles. The normalized spacial score (nSPS) is 16.1.